The summed E-state index contributed by atoms with van der Waals surface area (Å²) in [5, 5.41) is 23.4. The van der Waals surface area contributed by atoms with Crippen molar-refractivity contribution in [1.82, 2.24) is 4.90 Å². The van der Waals surface area contributed by atoms with E-state index in [0.29, 0.717) is 12.8 Å². The zero-order chi connectivity index (χ0) is 17.4. The van der Waals surface area contributed by atoms with E-state index in [0.717, 1.165) is 35.3 Å². The molecule has 128 valence electrons. The van der Waals surface area contributed by atoms with Gasteiger partial charge in [0.05, 0.1) is 0 Å². The summed E-state index contributed by atoms with van der Waals surface area (Å²) in [6.07, 6.45) is 1.09. The second-order valence-electron chi connectivity index (χ2n) is 7.28. The number of likely N-dealkylation sites (tertiary alicyclic amines) is 1. The van der Waals surface area contributed by atoms with E-state index >= 15 is 0 Å². The van der Waals surface area contributed by atoms with E-state index in [9.17, 15) is 10.2 Å². The number of hydrogen-bond acceptors (Lipinski definition) is 3. The molecule has 0 spiro atoms. The fraction of sp³-hybridized carbons (Fsp3) is 0.429. The molecule has 3 rings (SSSR count). The molecule has 3 nitrogen and oxygen atoms in total. The van der Waals surface area contributed by atoms with Crippen molar-refractivity contribution in [3.05, 3.63) is 70.8 Å². The maximum atomic E-state index is 11.9. The molecule has 1 saturated heterocycles. The minimum absolute atomic E-state index is 0.544. The first-order valence-electron chi connectivity index (χ1n) is 8.63. The number of nitrogens with zero attached hydrogens (tertiary/aromatic N) is 1. The molecule has 1 aliphatic heterocycles. The molecule has 3 heteroatoms. The fourth-order valence-corrected chi connectivity index (χ4v) is 3.79. The highest BCUT2D eigenvalue weighted by Gasteiger charge is 2.52. The summed E-state index contributed by atoms with van der Waals surface area (Å²) in [5.41, 5.74) is 1.10. The third-order valence-corrected chi connectivity index (χ3v) is 5.36. The first kappa shape index (κ1) is 17.2. The molecule has 0 unspecified atom stereocenters. The van der Waals surface area contributed by atoms with E-state index in [1.807, 2.05) is 62.4 Å². The molecule has 0 saturated carbocycles. The lowest BCUT2D eigenvalue weighted by Crippen LogP contribution is -2.57. The third kappa shape index (κ3) is 2.88. The number of piperidine rings is 1. The summed E-state index contributed by atoms with van der Waals surface area (Å²) < 4.78 is 0. The molecule has 0 aromatic heterocycles. The van der Waals surface area contributed by atoms with Crippen LogP contribution in [0.4, 0.5) is 0 Å². The van der Waals surface area contributed by atoms with Crippen LogP contribution in [0.2, 0.25) is 0 Å². The van der Waals surface area contributed by atoms with Crippen molar-refractivity contribution in [3.63, 3.8) is 0 Å². The van der Waals surface area contributed by atoms with Crippen LogP contribution in [-0.2, 0) is 5.60 Å². The Bertz CT molecular complexity index is 672. The van der Waals surface area contributed by atoms with Crippen LogP contribution in [0.3, 0.4) is 0 Å². The van der Waals surface area contributed by atoms with Crippen molar-refractivity contribution < 1.29 is 10.2 Å². The molecular formula is C21H27NO2. The highest BCUT2D eigenvalue weighted by molar-refractivity contribution is 5.43. The van der Waals surface area contributed by atoms with Crippen LogP contribution in [0, 0.1) is 13.8 Å². The highest BCUT2D eigenvalue weighted by atomic mass is 16.4. The van der Waals surface area contributed by atoms with Crippen molar-refractivity contribution >= 4 is 0 Å². The van der Waals surface area contributed by atoms with Gasteiger partial charge in [-0.1, -0.05) is 59.7 Å². The van der Waals surface area contributed by atoms with Crippen LogP contribution >= 0.6 is 0 Å². The molecule has 0 amide bonds. The van der Waals surface area contributed by atoms with Gasteiger partial charge in [0.2, 0.25) is 0 Å². The maximum absolute atomic E-state index is 11.9. The molecule has 2 N–H and O–H groups in total. The van der Waals surface area contributed by atoms with Gasteiger partial charge >= 0.3 is 0 Å². The van der Waals surface area contributed by atoms with Gasteiger partial charge in [-0.05, 0) is 44.9 Å². The fourth-order valence-electron chi connectivity index (χ4n) is 3.79. The van der Waals surface area contributed by atoms with Crippen LogP contribution in [0.25, 0.3) is 0 Å². The molecular weight excluding hydrogens is 298 g/mol. The van der Waals surface area contributed by atoms with Gasteiger partial charge in [0.1, 0.15) is 11.2 Å². The second-order valence-corrected chi connectivity index (χ2v) is 7.28. The van der Waals surface area contributed by atoms with Crippen LogP contribution in [0.5, 0.6) is 0 Å². The quantitative estimate of drug-likeness (QED) is 0.912. The van der Waals surface area contributed by atoms with Crippen LogP contribution in [0.1, 0.15) is 35.1 Å². The van der Waals surface area contributed by atoms with E-state index in [-0.39, 0.29) is 0 Å². The SMILES string of the molecule is Cc1cccc(C(O)(c2cccc(C)c2)C2(O)CCN(C)CC2)c1. The maximum Gasteiger partial charge on any atom is 0.143 e. The first-order chi connectivity index (χ1) is 11.3. The van der Waals surface area contributed by atoms with Gasteiger partial charge in [-0.2, -0.15) is 0 Å². The van der Waals surface area contributed by atoms with Gasteiger partial charge in [-0.15, -0.1) is 0 Å². The van der Waals surface area contributed by atoms with Crippen molar-refractivity contribution in [2.75, 3.05) is 20.1 Å². The zero-order valence-electron chi connectivity index (χ0n) is 14.8. The summed E-state index contributed by atoms with van der Waals surface area (Å²) in [6.45, 7) is 5.57. The minimum Gasteiger partial charge on any atom is -0.386 e. The Morgan fingerprint density at radius 3 is 1.79 bits per heavy atom. The molecule has 0 radical (unpaired) electrons. The molecule has 2 aromatic rings. The molecule has 2 aromatic carbocycles. The molecule has 1 fully saturated rings. The molecule has 1 aliphatic rings. The summed E-state index contributed by atoms with van der Waals surface area (Å²) in [6, 6.07) is 15.7. The average Bonchev–Trinajstić information content (AvgIpc) is 2.57. The monoisotopic (exact) mass is 325 g/mol. The summed E-state index contributed by atoms with van der Waals surface area (Å²) in [4.78, 5) is 2.20. The highest BCUT2D eigenvalue weighted by Crippen LogP contribution is 2.45. The predicted molar refractivity (Wildman–Crippen MR) is 97.0 cm³/mol. The molecule has 0 aliphatic carbocycles. The Kier molecular flexibility index (Phi) is 4.52. The number of rotatable bonds is 3. The summed E-state index contributed by atoms with van der Waals surface area (Å²) in [5.74, 6) is 0. The van der Waals surface area contributed by atoms with Crippen molar-refractivity contribution in [1.29, 1.82) is 0 Å². The molecule has 24 heavy (non-hydrogen) atoms. The third-order valence-electron chi connectivity index (χ3n) is 5.36. The van der Waals surface area contributed by atoms with Crippen LogP contribution < -0.4 is 0 Å². The molecule has 0 atom stereocenters. The molecule has 1 heterocycles. The van der Waals surface area contributed by atoms with E-state index in [4.69, 9.17) is 0 Å². The normalized spacial score (nSPS) is 18.5. The van der Waals surface area contributed by atoms with Gasteiger partial charge in [0.15, 0.2) is 0 Å². The van der Waals surface area contributed by atoms with E-state index in [1.165, 1.54) is 0 Å². The van der Waals surface area contributed by atoms with Crippen molar-refractivity contribution in [2.45, 2.75) is 37.9 Å². The average molecular weight is 325 g/mol. The van der Waals surface area contributed by atoms with Crippen molar-refractivity contribution in [2.24, 2.45) is 0 Å². The van der Waals surface area contributed by atoms with Gasteiger partial charge in [-0.25, -0.2) is 0 Å². The number of hydrogen-bond donors (Lipinski definition) is 2. The van der Waals surface area contributed by atoms with E-state index in [1.54, 1.807) is 0 Å². The lowest BCUT2D eigenvalue weighted by atomic mass is 9.68. The van der Waals surface area contributed by atoms with Gasteiger partial charge in [0, 0.05) is 13.1 Å². The Morgan fingerprint density at radius 2 is 1.38 bits per heavy atom. The second kappa shape index (κ2) is 6.32. The van der Waals surface area contributed by atoms with Crippen LogP contribution in [0.15, 0.2) is 48.5 Å². The van der Waals surface area contributed by atoms with Gasteiger partial charge in [0.25, 0.3) is 0 Å². The smallest absolute Gasteiger partial charge is 0.143 e. The largest absolute Gasteiger partial charge is 0.386 e. The Balaban J connectivity index is 2.17. The van der Waals surface area contributed by atoms with Crippen molar-refractivity contribution in [3.8, 4) is 0 Å². The standard InChI is InChI=1S/C21H27NO2/c1-16-6-4-8-18(14-16)21(24,19-9-5-7-17(2)15-19)20(23)10-12-22(3)13-11-20/h4-9,14-15,23-24H,10-13H2,1-3H3. The predicted octanol–water partition coefficient (Wildman–Crippen LogP) is 3.00. The Labute approximate surface area is 144 Å². The number of benzene rings is 2. The Hall–Kier alpha value is -1.68. The first-order valence-corrected chi connectivity index (χ1v) is 8.63. The van der Waals surface area contributed by atoms with Crippen LogP contribution in [-0.4, -0.2) is 40.9 Å². The molecule has 0 bridgehead atoms. The van der Waals surface area contributed by atoms with E-state index < -0.39 is 11.2 Å². The van der Waals surface area contributed by atoms with Gasteiger partial charge < -0.3 is 15.1 Å². The lowest BCUT2D eigenvalue weighted by Gasteiger charge is -2.48. The zero-order valence-corrected chi connectivity index (χ0v) is 14.8. The topological polar surface area (TPSA) is 43.7 Å². The minimum atomic E-state index is -1.41. The van der Waals surface area contributed by atoms with E-state index in [2.05, 4.69) is 11.9 Å². The van der Waals surface area contributed by atoms with Gasteiger partial charge in [-0.3, -0.25) is 0 Å². The number of aliphatic hydroxyl groups is 2. The summed E-state index contributed by atoms with van der Waals surface area (Å²) >= 11 is 0. The Morgan fingerprint density at radius 1 is 0.917 bits per heavy atom. The lowest BCUT2D eigenvalue weighted by molar-refractivity contribution is -0.157. The number of aryl methyl sites for hydroxylation is 2. The summed E-state index contributed by atoms with van der Waals surface area (Å²) in [7, 11) is 2.05.